The molecule has 2 atom stereocenters. The van der Waals surface area contributed by atoms with Gasteiger partial charge in [0.2, 0.25) is 0 Å². The molecule has 1 fully saturated rings. The molecule has 0 spiro atoms. The number of aromatic nitrogens is 4. The third-order valence-corrected chi connectivity index (χ3v) is 9.75. The number of rotatable bonds is 17. The highest BCUT2D eigenvalue weighted by Crippen LogP contribution is 2.38. The first-order chi connectivity index (χ1) is 26.4. The van der Waals surface area contributed by atoms with E-state index in [4.69, 9.17) is 43.6 Å². The Labute approximate surface area is 326 Å². The van der Waals surface area contributed by atoms with Crippen LogP contribution < -0.4 is 33.9 Å². The molecule has 4 aromatic rings. The van der Waals surface area contributed by atoms with Crippen molar-refractivity contribution in [2.75, 3.05) is 33.3 Å². The lowest BCUT2D eigenvalue weighted by Crippen LogP contribution is -2.42. The summed E-state index contributed by atoms with van der Waals surface area (Å²) in [5, 5.41) is 12.8. The summed E-state index contributed by atoms with van der Waals surface area (Å²) < 4.78 is 37.0. The number of hydrogen-bond acceptors (Lipinski definition) is 11. The van der Waals surface area contributed by atoms with Gasteiger partial charge in [-0.3, -0.25) is 0 Å². The second-order valence-corrected chi connectivity index (χ2v) is 15.5. The van der Waals surface area contributed by atoms with E-state index in [-0.39, 0.29) is 18.2 Å². The van der Waals surface area contributed by atoms with Gasteiger partial charge in [0.25, 0.3) is 5.88 Å². The number of aryl methyl sites for hydroxylation is 1. The molecule has 0 bridgehead atoms. The van der Waals surface area contributed by atoms with Gasteiger partial charge in [0.05, 0.1) is 34.5 Å². The van der Waals surface area contributed by atoms with Gasteiger partial charge in [-0.2, -0.15) is 0 Å². The Balaban J connectivity index is 1.62. The van der Waals surface area contributed by atoms with E-state index in [0.717, 1.165) is 72.9 Å². The molecule has 13 heteroatoms. The second-order valence-electron chi connectivity index (χ2n) is 15.5. The number of alkyl carbamates (subject to hydrolysis) is 1. The van der Waals surface area contributed by atoms with E-state index in [1.165, 1.54) is 0 Å². The summed E-state index contributed by atoms with van der Waals surface area (Å²) in [6.07, 6.45) is 6.07. The number of carbonyl (C=O) groups is 1. The molecule has 0 aliphatic heterocycles. The first kappa shape index (κ1) is 41.2. The summed E-state index contributed by atoms with van der Waals surface area (Å²) in [7, 11) is 6.60. The summed E-state index contributed by atoms with van der Waals surface area (Å²) in [4.78, 5) is 20.3. The molecule has 2 aromatic carbocycles. The van der Waals surface area contributed by atoms with E-state index in [1.807, 2.05) is 71.0 Å². The van der Waals surface area contributed by atoms with E-state index in [1.54, 1.807) is 28.4 Å². The van der Waals surface area contributed by atoms with Gasteiger partial charge in [-0.25, -0.2) is 9.78 Å². The molecule has 1 saturated carbocycles. The molecule has 0 saturated heterocycles. The van der Waals surface area contributed by atoms with Crippen LogP contribution in [0.2, 0.25) is 0 Å². The largest absolute Gasteiger partial charge is 0.497 e. The average molecular weight is 761 g/mol. The Hall–Kier alpha value is -4.94. The third-order valence-electron chi connectivity index (χ3n) is 9.75. The average Bonchev–Trinajstić information content (AvgIpc) is 3.51. The smallest absolute Gasteiger partial charge is 0.407 e. The van der Waals surface area contributed by atoms with E-state index < -0.39 is 5.60 Å². The first-order valence-corrected chi connectivity index (χ1v) is 19.4. The van der Waals surface area contributed by atoms with Crippen LogP contribution >= 0.6 is 0 Å². The van der Waals surface area contributed by atoms with Gasteiger partial charge >= 0.3 is 6.09 Å². The van der Waals surface area contributed by atoms with Gasteiger partial charge in [-0.15, -0.1) is 10.2 Å². The number of ether oxygens (including phenoxy) is 6. The molecule has 2 heterocycles. The fourth-order valence-electron chi connectivity index (χ4n) is 7.20. The molecular weight excluding hydrogens is 700 g/mol. The highest BCUT2D eigenvalue weighted by atomic mass is 16.6. The second kappa shape index (κ2) is 18.6. The van der Waals surface area contributed by atoms with Crippen molar-refractivity contribution in [1.82, 2.24) is 25.1 Å². The number of benzene rings is 2. The van der Waals surface area contributed by atoms with Gasteiger partial charge in [0.1, 0.15) is 45.5 Å². The molecule has 0 unspecified atom stereocenters. The number of nitrogens with one attached hydrogen (secondary N) is 1. The number of carbonyl (C=O) groups excluding carboxylic acids is 1. The standard InChI is InChI=1S/C42H60N6O7/c1-11-12-16-36-44-37-38(48(36)24-28-14-13-15-31(21-28)43-41(49)55-42(4,5)6)40(54-27(2)3)46-45-39(37)47(25-29-17-19-32(50-7)22-34(29)52-9)26-30-18-20-33(51-8)23-35(30)53-10/h17-20,22-23,27-28,31H,11-16,21,24-26H2,1-10H3,(H,43,49)/t28-,31+/m0/s1. The van der Waals surface area contributed by atoms with Crippen molar-refractivity contribution in [3.05, 3.63) is 53.3 Å². The molecule has 2 aromatic heterocycles. The summed E-state index contributed by atoms with van der Waals surface area (Å²) >= 11 is 0. The quantitative estimate of drug-likeness (QED) is 0.112. The van der Waals surface area contributed by atoms with Crippen LogP contribution in [-0.2, 0) is 30.8 Å². The van der Waals surface area contributed by atoms with Crippen molar-refractivity contribution in [2.24, 2.45) is 5.92 Å². The lowest BCUT2D eigenvalue weighted by Gasteiger charge is -2.31. The van der Waals surface area contributed by atoms with Crippen LogP contribution in [0.4, 0.5) is 10.6 Å². The number of nitrogens with zero attached hydrogens (tertiary/aromatic N) is 5. The SMILES string of the molecule is CCCCc1nc2c(N(Cc3ccc(OC)cc3OC)Cc3ccc(OC)cc3OC)nnc(OC(C)C)c2n1C[C@H]1CCC[C@@H](NC(=O)OC(C)(C)C)C1. The van der Waals surface area contributed by atoms with Crippen LogP contribution in [-0.4, -0.2) is 72.0 Å². The lowest BCUT2D eigenvalue weighted by molar-refractivity contribution is 0.0483. The summed E-state index contributed by atoms with van der Waals surface area (Å²) in [5.41, 5.74) is 2.85. The van der Waals surface area contributed by atoms with Crippen molar-refractivity contribution in [2.45, 2.75) is 124 Å². The van der Waals surface area contributed by atoms with Gasteiger partial charge in [-0.1, -0.05) is 19.8 Å². The molecule has 5 rings (SSSR count). The minimum Gasteiger partial charge on any atom is -0.497 e. The summed E-state index contributed by atoms with van der Waals surface area (Å²) in [6.45, 7) is 13.4. The molecule has 0 radical (unpaired) electrons. The Morgan fingerprint density at radius 3 is 2.11 bits per heavy atom. The zero-order chi connectivity index (χ0) is 39.7. The monoisotopic (exact) mass is 760 g/mol. The predicted molar refractivity (Wildman–Crippen MR) is 214 cm³/mol. The highest BCUT2D eigenvalue weighted by Gasteiger charge is 2.30. The van der Waals surface area contributed by atoms with Gasteiger partial charge in [-0.05, 0) is 90.5 Å². The number of imidazole rings is 1. The lowest BCUT2D eigenvalue weighted by atomic mass is 9.85. The Morgan fingerprint density at radius 1 is 0.927 bits per heavy atom. The third kappa shape index (κ3) is 10.6. The molecule has 1 aliphatic rings. The molecule has 13 nitrogen and oxygen atoms in total. The number of hydrogen-bond donors (Lipinski definition) is 1. The van der Waals surface area contributed by atoms with Crippen LogP contribution in [0.3, 0.4) is 0 Å². The van der Waals surface area contributed by atoms with E-state index in [0.29, 0.717) is 60.2 Å². The van der Waals surface area contributed by atoms with E-state index in [9.17, 15) is 4.79 Å². The number of anilines is 1. The zero-order valence-corrected chi connectivity index (χ0v) is 34.4. The topological polar surface area (TPSA) is 131 Å². The maximum atomic E-state index is 12.7. The van der Waals surface area contributed by atoms with Gasteiger partial charge < -0.3 is 43.2 Å². The van der Waals surface area contributed by atoms with Crippen LogP contribution in [0, 0.1) is 5.92 Å². The van der Waals surface area contributed by atoms with E-state index >= 15 is 0 Å². The number of unbranched alkanes of at least 4 members (excludes halogenated alkanes) is 1. The maximum Gasteiger partial charge on any atom is 0.407 e. The minimum atomic E-state index is -0.557. The van der Waals surface area contributed by atoms with Crippen LogP contribution in [0.5, 0.6) is 28.9 Å². The number of amides is 1. The normalized spacial score (nSPS) is 15.8. The van der Waals surface area contributed by atoms with Crippen molar-refractivity contribution in [1.29, 1.82) is 0 Å². The summed E-state index contributed by atoms with van der Waals surface area (Å²) in [6, 6.07) is 11.7. The summed E-state index contributed by atoms with van der Waals surface area (Å²) in [5.74, 6) is 5.11. The molecule has 1 amide bonds. The fourth-order valence-corrected chi connectivity index (χ4v) is 7.20. The predicted octanol–water partition coefficient (Wildman–Crippen LogP) is 8.28. The van der Waals surface area contributed by atoms with Crippen molar-refractivity contribution in [3.8, 4) is 28.9 Å². The van der Waals surface area contributed by atoms with E-state index in [2.05, 4.69) is 21.7 Å². The fraction of sp³-hybridized carbons (Fsp3) is 0.571. The zero-order valence-electron chi connectivity index (χ0n) is 34.4. The number of fused-ring (bicyclic) bond motifs is 1. The Morgan fingerprint density at radius 2 is 1.56 bits per heavy atom. The maximum absolute atomic E-state index is 12.7. The Kier molecular flexibility index (Phi) is 13.9. The highest BCUT2D eigenvalue weighted by molar-refractivity contribution is 5.90. The van der Waals surface area contributed by atoms with Crippen molar-refractivity contribution < 1.29 is 33.2 Å². The molecule has 55 heavy (non-hydrogen) atoms. The minimum absolute atomic E-state index is 0.0265. The Bertz CT molecular complexity index is 1830. The van der Waals surface area contributed by atoms with Crippen LogP contribution in [0.15, 0.2) is 36.4 Å². The first-order valence-electron chi connectivity index (χ1n) is 19.4. The molecule has 1 N–H and O–H groups in total. The number of methoxy groups -OCH3 is 4. The molecular formula is C42H60N6O7. The van der Waals surface area contributed by atoms with Crippen LogP contribution in [0.1, 0.15) is 97.0 Å². The molecule has 300 valence electrons. The van der Waals surface area contributed by atoms with Gasteiger partial charge in [0, 0.05) is 55.4 Å². The van der Waals surface area contributed by atoms with Crippen molar-refractivity contribution in [3.63, 3.8) is 0 Å². The van der Waals surface area contributed by atoms with Gasteiger partial charge in [0.15, 0.2) is 5.82 Å². The van der Waals surface area contributed by atoms with Crippen LogP contribution in [0.25, 0.3) is 11.0 Å². The van der Waals surface area contributed by atoms with Crippen molar-refractivity contribution >= 4 is 22.9 Å². The molecule has 1 aliphatic carbocycles.